The Morgan fingerprint density at radius 1 is 1.24 bits per heavy atom. The van der Waals surface area contributed by atoms with Crippen molar-refractivity contribution in [3.05, 3.63) is 76.5 Å². The van der Waals surface area contributed by atoms with Crippen LogP contribution in [0.1, 0.15) is 75.5 Å². The van der Waals surface area contributed by atoms with E-state index in [0.717, 1.165) is 30.6 Å². The number of aliphatic hydroxyl groups is 1. The Balaban J connectivity index is 1.60. The fourth-order valence-corrected chi connectivity index (χ4v) is 4.19. The van der Waals surface area contributed by atoms with Gasteiger partial charge in [0.2, 0.25) is 5.76 Å². The van der Waals surface area contributed by atoms with E-state index in [-0.39, 0.29) is 6.61 Å². The first-order chi connectivity index (χ1) is 16.1. The first kappa shape index (κ1) is 24.8. The summed E-state index contributed by atoms with van der Waals surface area (Å²) in [5.74, 6) is 8.18. The van der Waals surface area contributed by atoms with Gasteiger partial charge in [-0.05, 0) is 81.3 Å². The van der Waals surface area contributed by atoms with Crippen molar-refractivity contribution in [2.24, 2.45) is 5.92 Å². The average Bonchev–Trinajstić information content (AvgIpc) is 3.47. The largest absolute Gasteiger partial charge is 0.395 e. The lowest BCUT2D eigenvalue weighted by Gasteiger charge is -2.24. The van der Waals surface area contributed by atoms with Crippen LogP contribution in [0, 0.1) is 17.8 Å². The zero-order valence-electron chi connectivity index (χ0n) is 20.4. The summed E-state index contributed by atoms with van der Waals surface area (Å²) < 4.78 is 5.48. The second kappa shape index (κ2) is 12.4. The van der Waals surface area contributed by atoms with Gasteiger partial charge in [0.15, 0.2) is 0 Å². The molecule has 2 atom stereocenters. The standard InChI is InChI=1S/C28H37N3O2/c1-5-15-31(28(7-3)21(4)6-2)20-25-18-26(33-30-25)13-10-22-8-11-23(12-9-22)27-17-24(27)19-29-14-16-32/h5,8-9,11-12,15,18,24,27,29,32H,6-7,14,16-17,19-20H2,1-4H3/b15-5-,28-21+. The number of aromatic nitrogens is 1. The first-order valence-corrected chi connectivity index (χ1v) is 12.1. The number of nitrogens with zero attached hydrogens (tertiary/aromatic N) is 2. The molecule has 3 rings (SSSR count). The van der Waals surface area contributed by atoms with E-state index in [4.69, 9.17) is 9.63 Å². The number of hydrogen-bond acceptors (Lipinski definition) is 5. The van der Waals surface area contributed by atoms with E-state index in [2.05, 4.69) is 84.5 Å². The molecule has 1 saturated carbocycles. The molecule has 1 aliphatic rings. The number of rotatable bonds is 11. The minimum Gasteiger partial charge on any atom is -0.395 e. The van der Waals surface area contributed by atoms with Crippen molar-refractivity contribution in [3.63, 3.8) is 0 Å². The lowest BCUT2D eigenvalue weighted by molar-refractivity contribution is 0.291. The minimum atomic E-state index is 0.195. The molecular formula is C28H37N3O2. The van der Waals surface area contributed by atoms with Gasteiger partial charge < -0.3 is 19.8 Å². The topological polar surface area (TPSA) is 61.5 Å². The zero-order chi connectivity index (χ0) is 23.6. The van der Waals surface area contributed by atoms with E-state index in [1.54, 1.807) is 0 Å². The van der Waals surface area contributed by atoms with Gasteiger partial charge in [-0.25, -0.2) is 0 Å². The smallest absolute Gasteiger partial charge is 0.210 e. The predicted molar refractivity (Wildman–Crippen MR) is 133 cm³/mol. The highest BCUT2D eigenvalue weighted by Gasteiger charge is 2.37. The molecule has 2 aromatic rings. The number of allylic oxidation sites excluding steroid dienone is 3. The predicted octanol–water partition coefficient (Wildman–Crippen LogP) is 5.19. The molecule has 0 radical (unpaired) electrons. The summed E-state index contributed by atoms with van der Waals surface area (Å²) in [5, 5.41) is 16.4. The molecule has 1 aromatic carbocycles. The van der Waals surface area contributed by atoms with Gasteiger partial charge in [-0.3, -0.25) is 0 Å². The quantitative estimate of drug-likeness (QED) is 0.367. The first-order valence-electron chi connectivity index (χ1n) is 12.1. The van der Waals surface area contributed by atoms with Gasteiger partial charge in [0, 0.05) is 23.9 Å². The van der Waals surface area contributed by atoms with E-state index < -0.39 is 0 Å². The van der Waals surface area contributed by atoms with Crippen molar-refractivity contribution >= 4 is 0 Å². The SMILES string of the molecule is C/C=C\N(Cc1cc(C#Cc2ccc(C3CC3CNCCO)cc2)on1)/C(CC)=C(\C)CC. The Kier molecular flexibility index (Phi) is 9.35. The molecule has 0 bridgehead atoms. The fraction of sp³-hybridized carbons (Fsp3) is 0.464. The fourth-order valence-electron chi connectivity index (χ4n) is 4.19. The lowest BCUT2D eigenvalue weighted by atomic mass is 10.1. The molecule has 1 fully saturated rings. The maximum Gasteiger partial charge on any atom is 0.210 e. The van der Waals surface area contributed by atoms with Crippen molar-refractivity contribution in [1.82, 2.24) is 15.4 Å². The molecule has 0 spiro atoms. The van der Waals surface area contributed by atoms with Crippen molar-refractivity contribution in [2.75, 3.05) is 19.7 Å². The van der Waals surface area contributed by atoms with Crippen LogP contribution >= 0.6 is 0 Å². The highest BCUT2D eigenvalue weighted by Crippen LogP contribution is 2.46. The minimum absolute atomic E-state index is 0.195. The van der Waals surface area contributed by atoms with Crippen molar-refractivity contribution in [1.29, 1.82) is 0 Å². The molecule has 2 N–H and O–H groups in total. The number of aliphatic hydroxyl groups excluding tert-OH is 1. The summed E-state index contributed by atoms with van der Waals surface area (Å²) in [4.78, 5) is 2.25. The van der Waals surface area contributed by atoms with Gasteiger partial charge in [0.05, 0.1) is 13.2 Å². The van der Waals surface area contributed by atoms with Gasteiger partial charge in [-0.1, -0.05) is 48.7 Å². The van der Waals surface area contributed by atoms with E-state index in [1.165, 1.54) is 23.3 Å². The van der Waals surface area contributed by atoms with Crippen LogP contribution in [0.4, 0.5) is 0 Å². The van der Waals surface area contributed by atoms with E-state index in [9.17, 15) is 0 Å². The summed E-state index contributed by atoms with van der Waals surface area (Å²) >= 11 is 0. The summed E-state index contributed by atoms with van der Waals surface area (Å²) in [5.41, 5.74) is 5.93. The second-order valence-electron chi connectivity index (χ2n) is 8.63. The van der Waals surface area contributed by atoms with Crippen LogP contribution in [0.5, 0.6) is 0 Å². The molecule has 1 heterocycles. The van der Waals surface area contributed by atoms with Gasteiger partial charge in [0.1, 0.15) is 5.69 Å². The second-order valence-corrected chi connectivity index (χ2v) is 8.63. The third-order valence-electron chi connectivity index (χ3n) is 6.21. The van der Waals surface area contributed by atoms with E-state index in [1.807, 2.05) is 13.0 Å². The molecular weight excluding hydrogens is 410 g/mol. The van der Waals surface area contributed by atoms with Gasteiger partial charge >= 0.3 is 0 Å². The molecule has 0 aliphatic heterocycles. The van der Waals surface area contributed by atoms with Crippen LogP contribution in [-0.4, -0.2) is 34.9 Å². The zero-order valence-corrected chi connectivity index (χ0v) is 20.4. The summed E-state index contributed by atoms with van der Waals surface area (Å²) in [6, 6.07) is 10.4. The van der Waals surface area contributed by atoms with Gasteiger partial charge in [-0.2, -0.15) is 0 Å². The molecule has 5 nitrogen and oxygen atoms in total. The molecule has 2 unspecified atom stereocenters. The molecule has 33 heavy (non-hydrogen) atoms. The van der Waals surface area contributed by atoms with Crippen LogP contribution < -0.4 is 5.32 Å². The highest BCUT2D eigenvalue weighted by molar-refractivity contribution is 5.42. The summed E-state index contributed by atoms with van der Waals surface area (Å²) in [7, 11) is 0. The highest BCUT2D eigenvalue weighted by atomic mass is 16.5. The maximum atomic E-state index is 8.88. The number of hydrogen-bond donors (Lipinski definition) is 2. The van der Waals surface area contributed by atoms with Crippen molar-refractivity contribution in [2.45, 2.75) is 59.4 Å². The van der Waals surface area contributed by atoms with Gasteiger partial charge in [-0.15, -0.1) is 0 Å². The monoisotopic (exact) mass is 447 g/mol. The van der Waals surface area contributed by atoms with Crippen LogP contribution in [-0.2, 0) is 6.54 Å². The summed E-state index contributed by atoms with van der Waals surface area (Å²) in [6.07, 6.45) is 7.38. The van der Waals surface area contributed by atoms with E-state index >= 15 is 0 Å². The number of nitrogens with one attached hydrogen (secondary N) is 1. The Labute approximate surface area is 198 Å². The molecule has 176 valence electrons. The third kappa shape index (κ3) is 7.08. The molecule has 5 heteroatoms. The van der Waals surface area contributed by atoms with Crippen LogP contribution in [0.15, 0.2) is 58.4 Å². The van der Waals surface area contributed by atoms with Crippen LogP contribution in [0.2, 0.25) is 0 Å². The number of benzene rings is 1. The van der Waals surface area contributed by atoms with Crippen molar-refractivity contribution < 1.29 is 9.63 Å². The molecule has 0 amide bonds. The van der Waals surface area contributed by atoms with Gasteiger partial charge in [0.25, 0.3) is 0 Å². The van der Waals surface area contributed by atoms with E-state index in [0.29, 0.717) is 30.7 Å². The Morgan fingerprint density at radius 3 is 2.70 bits per heavy atom. The van der Waals surface area contributed by atoms with Crippen molar-refractivity contribution in [3.8, 4) is 11.8 Å². The maximum absolute atomic E-state index is 8.88. The molecule has 1 aromatic heterocycles. The summed E-state index contributed by atoms with van der Waals surface area (Å²) in [6.45, 7) is 11.1. The average molecular weight is 448 g/mol. The Hall–Kier alpha value is -2.81. The lowest BCUT2D eigenvalue weighted by Crippen LogP contribution is -2.20. The normalized spacial score (nSPS) is 18.1. The van der Waals surface area contributed by atoms with Crippen LogP contribution in [0.25, 0.3) is 0 Å². The molecule has 1 aliphatic carbocycles. The van der Waals surface area contributed by atoms with Crippen LogP contribution in [0.3, 0.4) is 0 Å². The Bertz CT molecular complexity index is 1010. The Morgan fingerprint density at radius 2 is 2.03 bits per heavy atom. The molecule has 0 saturated heterocycles. The third-order valence-corrected chi connectivity index (χ3v) is 6.21.